The summed E-state index contributed by atoms with van der Waals surface area (Å²) in [4.78, 5) is 0. The number of hydrogen-bond donors (Lipinski definition) is 1. The van der Waals surface area contributed by atoms with Crippen molar-refractivity contribution in [1.82, 2.24) is 0 Å². The molecule has 0 heterocycles. The summed E-state index contributed by atoms with van der Waals surface area (Å²) in [6, 6.07) is 56.5. The van der Waals surface area contributed by atoms with Gasteiger partial charge in [0.05, 0.1) is 9.53 Å². The van der Waals surface area contributed by atoms with Crippen molar-refractivity contribution in [2.75, 3.05) is 5.32 Å². The Morgan fingerprint density at radius 3 is 1.91 bits per heavy atom. The van der Waals surface area contributed by atoms with Gasteiger partial charge < -0.3 is 5.32 Å². The van der Waals surface area contributed by atoms with Crippen LogP contribution in [-0.2, 0) is 5.41 Å². The Balaban J connectivity index is 1.24. The van der Waals surface area contributed by atoms with E-state index < -0.39 is 5.41 Å². The maximum absolute atomic E-state index is 9.66. The largest absolute Gasteiger partial charge is 0.362 e. The second-order valence-corrected chi connectivity index (χ2v) is 11.6. The molecule has 1 heteroatoms. The third-order valence-electron chi connectivity index (χ3n) is 9.20. The van der Waals surface area contributed by atoms with Gasteiger partial charge in [-0.1, -0.05) is 158 Å². The lowest BCUT2D eigenvalue weighted by molar-refractivity contribution is 0.761. The Morgan fingerprint density at radius 1 is 0.587 bits per heavy atom. The molecule has 0 fully saturated rings. The molecule has 0 radical (unpaired) electrons. The third-order valence-corrected chi connectivity index (χ3v) is 9.20. The molecule has 218 valence electrons. The second kappa shape index (κ2) is 11.5. The van der Waals surface area contributed by atoms with E-state index in [9.17, 15) is 1.37 Å². The molecule has 0 unspecified atom stereocenters. The highest BCUT2D eigenvalue weighted by molar-refractivity contribution is 6.13. The maximum Gasteiger partial charge on any atom is 0.0714 e. The minimum atomic E-state index is -0.861. The molecule has 7 aromatic rings. The van der Waals surface area contributed by atoms with Crippen molar-refractivity contribution in [3.8, 4) is 11.1 Å². The minimum absolute atomic E-state index is 0.0706. The van der Waals surface area contributed by atoms with Gasteiger partial charge in [0, 0.05) is 11.9 Å². The van der Waals surface area contributed by atoms with Gasteiger partial charge in [-0.2, -0.15) is 0 Å². The van der Waals surface area contributed by atoms with Crippen molar-refractivity contribution in [2.45, 2.75) is 5.41 Å². The first-order valence-corrected chi connectivity index (χ1v) is 15.6. The molecule has 0 amide bonds. The van der Waals surface area contributed by atoms with Crippen molar-refractivity contribution in [3.63, 3.8) is 0 Å². The standard InChI is InChI=1S/C45H33N/c1-2-37-41-23-13-14-24-43(41)45(34-16-5-3-6-17-34,35-18-7-4-8-19-35)44(37)29-30-46-36-27-25-32(26-28-36)42-31-33-15-9-10-20-38(33)39-21-11-12-22-40(39)42/h2-31,46H,1H2/b30-29+/i1D,2D,29D/b2-1?,30-29+. The van der Waals surface area contributed by atoms with Gasteiger partial charge >= 0.3 is 0 Å². The van der Waals surface area contributed by atoms with E-state index in [-0.39, 0.29) is 12.1 Å². The molecule has 7 aromatic carbocycles. The van der Waals surface area contributed by atoms with Crippen molar-refractivity contribution < 1.29 is 4.11 Å². The zero-order chi connectivity index (χ0) is 33.4. The van der Waals surface area contributed by atoms with Crippen molar-refractivity contribution in [3.05, 3.63) is 216 Å². The Morgan fingerprint density at radius 2 is 1.20 bits per heavy atom. The van der Waals surface area contributed by atoms with Gasteiger partial charge in [0.25, 0.3) is 0 Å². The Kier molecular flexibility index (Phi) is 6.12. The van der Waals surface area contributed by atoms with E-state index in [0.29, 0.717) is 11.1 Å². The molecule has 1 nitrogen and oxygen atoms in total. The molecule has 1 aliphatic rings. The molecular weight excluding hydrogens is 555 g/mol. The Labute approximate surface area is 274 Å². The first-order chi connectivity index (χ1) is 24.1. The van der Waals surface area contributed by atoms with Crippen LogP contribution in [0.2, 0.25) is 0 Å². The molecule has 0 spiro atoms. The molecule has 0 atom stereocenters. The van der Waals surface area contributed by atoms with Crippen LogP contribution in [0.15, 0.2) is 194 Å². The Bertz CT molecular complexity index is 2390. The van der Waals surface area contributed by atoms with Gasteiger partial charge in [-0.15, -0.1) is 0 Å². The lowest BCUT2D eigenvalue weighted by atomic mass is 9.67. The molecule has 1 aliphatic carbocycles. The highest BCUT2D eigenvalue weighted by atomic mass is 14.8. The van der Waals surface area contributed by atoms with Crippen molar-refractivity contribution in [2.24, 2.45) is 0 Å². The van der Waals surface area contributed by atoms with Crippen molar-refractivity contribution in [1.29, 1.82) is 0 Å². The Hall–Kier alpha value is -5.92. The number of benzene rings is 7. The summed E-state index contributed by atoms with van der Waals surface area (Å²) in [5.41, 5.74) is 7.41. The van der Waals surface area contributed by atoms with Gasteiger partial charge in [-0.05, 0) is 90.3 Å². The summed E-state index contributed by atoms with van der Waals surface area (Å²) >= 11 is 0. The molecule has 0 saturated heterocycles. The van der Waals surface area contributed by atoms with E-state index >= 15 is 0 Å². The third kappa shape index (κ3) is 4.40. The summed E-state index contributed by atoms with van der Waals surface area (Å²) in [6.07, 6.45) is 1.72. The topological polar surface area (TPSA) is 12.0 Å². The quantitative estimate of drug-likeness (QED) is 0.182. The van der Waals surface area contributed by atoms with Crippen LogP contribution >= 0.6 is 0 Å². The van der Waals surface area contributed by atoms with Gasteiger partial charge in [-0.3, -0.25) is 0 Å². The van der Waals surface area contributed by atoms with Crippen LogP contribution in [0.1, 0.15) is 26.4 Å². The number of allylic oxidation sites excluding steroid dienone is 4. The summed E-state index contributed by atoms with van der Waals surface area (Å²) in [6.45, 7) is 1.08. The van der Waals surface area contributed by atoms with E-state index in [2.05, 4.69) is 102 Å². The molecule has 1 N–H and O–H groups in total. The van der Waals surface area contributed by atoms with E-state index in [4.69, 9.17) is 2.74 Å². The molecule has 0 aliphatic heterocycles. The number of fused-ring (bicyclic) bond motifs is 4. The molecule has 46 heavy (non-hydrogen) atoms. The number of anilines is 1. The van der Waals surface area contributed by atoms with Crippen LogP contribution in [-0.4, -0.2) is 0 Å². The zero-order valence-electron chi connectivity index (χ0n) is 28.2. The van der Waals surface area contributed by atoms with Crippen molar-refractivity contribution >= 4 is 32.8 Å². The van der Waals surface area contributed by atoms with Crippen LogP contribution in [0.3, 0.4) is 0 Å². The zero-order valence-corrected chi connectivity index (χ0v) is 25.2. The van der Waals surface area contributed by atoms with E-state index in [1.54, 1.807) is 6.20 Å². The predicted octanol–water partition coefficient (Wildman–Crippen LogP) is 11.6. The number of nitrogens with one attached hydrogen (secondary N) is 1. The predicted molar refractivity (Wildman–Crippen MR) is 196 cm³/mol. The highest BCUT2D eigenvalue weighted by Crippen LogP contribution is 2.55. The lowest BCUT2D eigenvalue weighted by Gasteiger charge is -2.34. The number of hydrogen-bond acceptors (Lipinski definition) is 1. The van der Waals surface area contributed by atoms with Crippen LogP contribution in [0.5, 0.6) is 0 Å². The van der Waals surface area contributed by atoms with E-state index in [1.807, 2.05) is 66.7 Å². The summed E-state index contributed by atoms with van der Waals surface area (Å²) < 4.78 is 26.8. The van der Waals surface area contributed by atoms with Crippen LogP contribution in [0.25, 0.3) is 38.2 Å². The number of rotatable bonds is 7. The van der Waals surface area contributed by atoms with Crippen LogP contribution in [0, 0.1) is 0 Å². The van der Waals surface area contributed by atoms with Crippen LogP contribution < -0.4 is 5.32 Å². The fourth-order valence-electron chi connectivity index (χ4n) is 7.19. The summed E-state index contributed by atoms with van der Waals surface area (Å²) in [5, 5.41) is 8.30. The SMILES string of the molecule is [2H]C=C([2H])C1=C(/C([2H])=C/Nc2ccc(-c3cc4ccccc4c4ccccc34)cc2)C(c2ccccc2)(c2ccccc2)c2ccccc21. The summed E-state index contributed by atoms with van der Waals surface area (Å²) in [7, 11) is 0. The fraction of sp³-hybridized carbons (Fsp3) is 0.0222. The molecule has 8 rings (SSSR count). The highest BCUT2D eigenvalue weighted by Gasteiger charge is 2.46. The van der Waals surface area contributed by atoms with Crippen LogP contribution in [0.4, 0.5) is 5.69 Å². The molecule has 0 bridgehead atoms. The van der Waals surface area contributed by atoms with Gasteiger partial charge in [0.2, 0.25) is 0 Å². The average Bonchev–Trinajstić information content (AvgIpc) is 3.49. The normalized spacial score (nSPS) is 15.3. The average molecular weight is 591 g/mol. The molecular formula is C45H33N. The minimum Gasteiger partial charge on any atom is -0.362 e. The van der Waals surface area contributed by atoms with Gasteiger partial charge in [0.15, 0.2) is 0 Å². The first kappa shape index (κ1) is 24.4. The molecule has 0 saturated carbocycles. The van der Waals surface area contributed by atoms with E-state index in [1.165, 1.54) is 27.1 Å². The first-order valence-electron chi connectivity index (χ1n) is 17.1. The fourth-order valence-corrected chi connectivity index (χ4v) is 7.19. The lowest BCUT2D eigenvalue weighted by Crippen LogP contribution is -2.29. The smallest absolute Gasteiger partial charge is 0.0714 e. The van der Waals surface area contributed by atoms with Gasteiger partial charge in [0.1, 0.15) is 0 Å². The second-order valence-electron chi connectivity index (χ2n) is 11.6. The maximum atomic E-state index is 9.66. The molecule has 0 aromatic heterocycles. The van der Waals surface area contributed by atoms with E-state index in [0.717, 1.165) is 40.1 Å². The summed E-state index contributed by atoms with van der Waals surface area (Å²) in [5.74, 6) is 0. The van der Waals surface area contributed by atoms with Gasteiger partial charge in [-0.25, -0.2) is 0 Å². The monoisotopic (exact) mass is 590 g/mol.